The Labute approximate surface area is 189 Å². The van der Waals surface area contributed by atoms with E-state index in [9.17, 15) is 9.59 Å². The highest BCUT2D eigenvalue weighted by molar-refractivity contribution is 5.96. The summed E-state index contributed by atoms with van der Waals surface area (Å²) in [6, 6.07) is 26.0. The Morgan fingerprint density at radius 1 is 0.875 bits per heavy atom. The molecule has 0 spiro atoms. The van der Waals surface area contributed by atoms with Gasteiger partial charge in [-0.15, -0.1) is 0 Å². The number of anilines is 2. The zero-order chi connectivity index (χ0) is 22.3. The molecule has 1 fully saturated rings. The summed E-state index contributed by atoms with van der Waals surface area (Å²) in [6.45, 7) is 2.47. The van der Waals surface area contributed by atoms with Gasteiger partial charge >= 0.3 is 6.03 Å². The van der Waals surface area contributed by atoms with Crippen LogP contribution >= 0.6 is 0 Å². The lowest BCUT2D eigenvalue weighted by Gasteiger charge is -2.19. The lowest BCUT2D eigenvalue weighted by molar-refractivity contribution is -0.117. The number of benzene rings is 3. The minimum atomic E-state index is -0.251. The summed E-state index contributed by atoms with van der Waals surface area (Å²) < 4.78 is 0. The fraction of sp³-hybridized carbons (Fsp3) is 0.259. The van der Waals surface area contributed by atoms with E-state index in [0.29, 0.717) is 17.9 Å². The van der Waals surface area contributed by atoms with E-state index >= 15 is 0 Å². The third-order valence-corrected chi connectivity index (χ3v) is 5.82. The van der Waals surface area contributed by atoms with Crippen LogP contribution < -0.4 is 16.0 Å². The third-order valence-electron chi connectivity index (χ3n) is 5.82. The molecular weight excluding hydrogens is 398 g/mol. The van der Waals surface area contributed by atoms with Crippen LogP contribution in [0.5, 0.6) is 0 Å². The maximum atomic E-state index is 12.6. The maximum absolute atomic E-state index is 12.6. The SMILES string of the molecule is Cc1ccc(NC(=O)C2CC2)cc1NC(=O)NCCC(c1ccccc1)c1ccccc1. The van der Waals surface area contributed by atoms with Crippen molar-refractivity contribution in [3.8, 4) is 0 Å². The van der Waals surface area contributed by atoms with Crippen LogP contribution in [0.2, 0.25) is 0 Å². The first-order valence-corrected chi connectivity index (χ1v) is 11.2. The van der Waals surface area contributed by atoms with E-state index in [-0.39, 0.29) is 23.8 Å². The quantitative estimate of drug-likeness (QED) is 0.432. The summed E-state index contributed by atoms with van der Waals surface area (Å²) in [5, 5.41) is 8.83. The van der Waals surface area contributed by atoms with E-state index in [1.165, 1.54) is 11.1 Å². The summed E-state index contributed by atoms with van der Waals surface area (Å²) in [5.74, 6) is 0.399. The number of carbonyl (C=O) groups excluding carboxylic acids is 2. The van der Waals surface area contributed by atoms with Crippen LogP contribution in [-0.2, 0) is 4.79 Å². The van der Waals surface area contributed by atoms with Gasteiger partial charge in [-0.05, 0) is 55.0 Å². The predicted molar refractivity (Wildman–Crippen MR) is 129 cm³/mol. The van der Waals surface area contributed by atoms with Crippen molar-refractivity contribution in [2.75, 3.05) is 17.2 Å². The number of hydrogen-bond donors (Lipinski definition) is 3. The molecule has 5 nitrogen and oxygen atoms in total. The highest BCUT2D eigenvalue weighted by Gasteiger charge is 2.29. The van der Waals surface area contributed by atoms with E-state index in [1.807, 2.05) is 61.5 Å². The van der Waals surface area contributed by atoms with Gasteiger partial charge in [0, 0.05) is 29.8 Å². The molecule has 1 aliphatic rings. The lowest BCUT2D eigenvalue weighted by Crippen LogP contribution is -2.30. The molecule has 0 saturated heterocycles. The number of carbonyl (C=O) groups is 2. The van der Waals surface area contributed by atoms with Crippen molar-refractivity contribution in [1.82, 2.24) is 5.32 Å². The van der Waals surface area contributed by atoms with Crippen LogP contribution in [0.4, 0.5) is 16.2 Å². The van der Waals surface area contributed by atoms with Gasteiger partial charge in [0.25, 0.3) is 0 Å². The molecule has 4 rings (SSSR count). The van der Waals surface area contributed by atoms with E-state index in [1.54, 1.807) is 0 Å². The van der Waals surface area contributed by atoms with E-state index in [0.717, 1.165) is 24.8 Å². The van der Waals surface area contributed by atoms with Crippen molar-refractivity contribution in [2.45, 2.75) is 32.1 Å². The fourth-order valence-electron chi connectivity index (χ4n) is 3.82. The van der Waals surface area contributed by atoms with E-state index < -0.39 is 0 Å². The number of nitrogens with one attached hydrogen (secondary N) is 3. The standard InChI is InChI=1S/C27H29N3O2/c1-19-12-15-23(29-26(31)22-13-14-22)18-25(19)30-27(32)28-17-16-24(20-8-4-2-5-9-20)21-10-6-3-7-11-21/h2-12,15,18,22,24H,13-14,16-17H2,1H3,(H,29,31)(H2,28,30,32). The van der Waals surface area contributed by atoms with Crippen molar-refractivity contribution < 1.29 is 9.59 Å². The Bertz CT molecular complexity index is 1020. The van der Waals surface area contributed by atoms with Crippen LogP contribution in [0.3, 0.4) is 0 Å². The molecule has 3 aromatic rings. The largest absolute Gasteiger partial charge is 0.338 e. The topological polar surface area (TPSA) is 70.2 Å². The summed E-state index contributed by atoms with van der Waals surface area (Å²) in [6.07, 6.45) is 2.70. The fourth-order valence-corrected chi connectivity index (χ4v) is 3.82. The molecular formula is C27H29N3O2. The van der Waals surface area contributed by atoms with Crippen molar-refractivity contribution in [1.29, 1.82) is 0 Å². The van der Waals surface area contributed by atoms with Gasteiger partial charge in [0.05, 0.1) is 0 Å². The van der Waals surface area contributed by atoms with E-state index in [2.05, 4.69) is 40.2 Å². The van der Waals surface area contributed by atoms with Gasteiger partial charge in [-0.25, -0.2) is 4.79 Å². The van der Waals surface area contributed by atoms with Crippen LogP contribution in [0, 0.1) is 12.8 Å². The molecule has 5 heteroatoms. The number of aryl methyl sites for hydroxylation is 1. The van der Waals surface area contributed by atoms with Gasteiger partial charge in [0.15, 0.2) is 0 Å². The third kappa shape index (κ3) is 5.76. The zero-order valence-electron chi connectivity index (χ0n) is 18.3. The van der Waals surface area contributed by atoms with Gasteiger partial charge in [-0.3, -0.25) is 4.79 Å². The summed E-state index contributed by atoms with van der Waals surface area (Å²) in [5.41, 5.74) is 4.80. The van der Waals surface area contributed by atoms with Gasteiger partial charge in [0.2, 0.25) is 5.91 Å². The first-order chi connectivity index (χ1) is 15.6. The van der Waals surface area contributed by atoms with Crippen molar-refractivity contribution in [3.63, 3.8) is 0 Å². The Morgan fingerprint density at radius 2 is 1.50 bits per heavy atom. The van der Waals surface area contributed by atoms with Gasteiger partial charge < -0.3 is 16.0 Å². The lowest BCUT2D eigenvalue weighted by atomic mass is 9.88. The molecule has 0 bridgehead atoms. The minimum absolute atomic E-state index is 0.0529. The summed E-state index contributed by atoms with van der Waals surface area (Å²) >= 11 is 0. The second-order valence-corrected chi connectivity index (χ2v) is 8.34. The van der Waals surface area contributed by atoms with Gasteiger partial charge in [-0.1, -0.05) is 66.7 Å². The van der Waals surface area contributed by atoms with Crippen molar-refractivity contribution in [3.05, 3.63) is 95.6 Å². The minimum Gasteiger partial charge on any atom is -0.338 e. The summed E-state index contributed by atoms with van der Waals surface area (Å²) in [4.78, 5) is 24.6. The molecule has 0 aliphatic heterocycles. The van der Waals surface area contributed by atoms with Crippen molar-refractivity contribution in [2.24, 2.45) is 5.92 Å². The molecule has 164 valence electrons. The normalized spacial score (nSPS) is 12.9. The first kappa shape index (κ1) is 21.6. The molecule has 0 unspecified atom stereocenters. The van der Waals surface area contributed by atoms with Crippen LogP contribution in [0.25, 0.3) is 0 Å². The number of hydrogen-bond acceptors (Lipinski definition) is 2. The number of amides is 3. The molecule has 3 amide bonds. The first-order valence-electron chi connectivity index (χ1n) is 11.2. The van der Waals surface area contributed by atoms with Crippen molar-refractivity contribution >= 4 is 23.3 Å². The molecule has 0 aromatic heterocycles. The summed E-state index contributed by atoms with van der Waals surface area (Å²) in [7, 11) is 0. The van der Waals surface area contributed by atoms with Gasteiger partial charge in [0.1, 0.15) is 0 Å². The highest BCUT2D eigenvalue weighted by atomic mass is 16.2. The second kappa shape index (κ2) is 10.1. The van der Waals surface area contributed by atoms with Crippen LogP contribution in [0.15, 0.2) is 78.9 Å². The Balaban J connectivity index is 1.35. The Kier molecular flexibility index (Phi) is 6.85. The molecule has 0 atom stereocenters. The number of rotatable bonds is 8. The smallest absolute Gasteiger partial charge is 0.319 e. The predicted octanol–water partition coefficient (Wildman–Crippen LogP) is 5.69. The molecule has 0 heterocycles. The second-order valence-electron chi connectivity index (χ2n) is 8.34. The Morgan fingerprint density at radius 3 is 2.09 bits per heavy atom. The molecule has 0 radical (unpaired) electrons. The number of urea groups is 1. The zero-order valence-corrected chi connectivity index (χ0v) is 18.3. The molecule has 3 N–H and O–H groups in total. The average molecular weight is 428 g/mol. The highest BCUT2D eigenvalue weighted by Crippen LogP contribution is 2.31. The monoisotopic (exact) mass is 427 g/mol. The maximum Gasteiger partial charge on any atom is 0.319 e. The van der Waals surface area contributed by atoms with Gasteiger partial charge in [-0.2, -0.15) is 0 Å². The molecule has 3 aromatic carbocycles. The Hall–Kier alpha value is -3.60. The average Bonchev–Trinajstić information content (AvgIpc) is 3.66. The van der Waals surface area contributed by atoms with Crippen LogP contribution in [0.1, 0.15) is 41.9 Å². The molecule has 1 aliphatic carbocycles. The molecule has 32 heavy (non-hydrogen) atoms. The van der Waals surface area contributed by atoms with E-state index in [4.69, 9.17) is 0 Å². The molecule has 1 saturated carbocycles. The van der Waals surface area contributed by atoms with Crippen LogP contribution in [-0.4, -0.2) is 18.5 Å².